The monoisotopic (exact) mass is 277 g/mol. The first kappa shape index (κ1) is 17.3. The van der Waals surface area contributed by atoms with Gasteiger partial charge in [-0.3, -0.25) is 0 Å². The molecule has 3 nitrogen and oxygen atoms in total. The molecular formula is C12H31NO2Si2. The highest BCUT2D eigenvalue weighted by molar-refractivity contribution is 6.57. The van der Waals surface area contributed by atoms with Gasteiger partial charge < -0.3 is 14.8 Å². The van der Waals surface area contributed by atoms with Gasteiger partial charge in [0.2, 0.25) is 0 Å². The van der Waals surface area contributed by atoms with Crippen molar-refractivity contribution in [3.05, 3.63) is 0 Å². The van der Waals surface area contributed by atoms with Gasteiger partial charge in [-0.15, -0.1) is 0 Å². The molecule has 1 N–H and O–H groups in total. The molecule has 2 atom stereocenters. The molecule has 0 aromatic carbocycles. The zero-order valence-electron chi connectivity index (χ0n) is 12.5. The highest BCUT2D eigenvalue weighted by atomic mass is 28.3. The maximum atomic E-state index is 5.50. The lowest BCUT2D eigenvalue weighted by Crippen LogP contribution is -2.34. The summed E-state index contributed by atoms with van der Waals surface area (Å²) in [6.45, 7) is 11.5. The molecule has 2 unspecified atom stereocenters. The molecule has 0 aromatic rings. The van der Waals surface area contributed by atoms with Crippen LogP contribution in [0.3, 0.4) is 0 Å². The van der Waals surface area contributed by atoms with Crippen molar-refractivity contribution in [3.8, 4) is 0 Å². The molecule has 0 amide bonds. The van der Waals surface area contributed by atoms with Crippen LogP contribution in [0.4, 0.5) is 0 Å². The second-order valence-electron chi connectivity index (χ2n) is 5.36. The maximum absolute atomic E-state index is 5.50. The number of methoxy groups -OCH3 is 2. The Morgan fingerprint density at radius 2 is 1.18 bits per heavy atom. The van der Waals surface area contributed by atoms with E-state index >= 15 is 0 Å². The van der Waals surface area contributed by atoms with Gasteiger partial charge in [-0.2, -0.15) is 0 Å². The van der Waals surface area contributed by atoms with Crippen molar-refractivity contribution < 1.29 is 9.47 Å². The number of ether oxygens (including phenoxy) is 2. The quantitative estimate of drug-likeness (QED) is 0.484. The number of rotatable bonds is 10. The summed E-state index contributed by atoms with van der Waals surface area (Å²) >= 11 is 0. The van der Waals surface area contributed by atoms with Crippen LogP contribution < -0.4 is 5.32 Å². The molecule has 0 aliphatic carbocycles. The summed E-state index contributed by atoms with van der Waals surface area (Å²) in [5.41, 5.74) is 1.03. The Morgan fingerprint density at radius 1 is 0.824 bits per heavy atom. The molecule has 0 radical (unpaired) electrons. The van der Waals surface area contributed by atoms with Crippen LogP contribution in [0.15, 0.2) is 0 Å². The summed E-state index contributed by atoms with van der Waals surface area (Å²) in [4.78, 5) is 0. The van der Waals surface area contributed by atoms with Gasteiger partial charge in [0.15, 0.2) is 0 Å². The number of hydrogen-bond acceptors (Lipinski definition) is 3. The van der Waals surface area contributed by atoms with Gasteiger partial charge in [0.25, 0.3) is 0 Å². The molecule has 0 aliphatic rings. The molecule has 0 spiro atoms. The van der Waals surface area contributed by atoms with Crippen molar-refractivity contribution in [1.29, 1.82) is 0 Å². The first-order valence-corrected chi connectivity index (χ1v) is 12.7. The van der Waals surface area contributed by atoms with Crippen LogP contribution in [0.25, 0.3) is 0 Å². The Labute approximate surface area is 110 Å². The van der Waals surface area contributed by atoms with E-state index in [-0.39, 0.29) is 0 Å². The van der Waals surface area contributed by atoms with E-state index in [9.17, 15) is 0 Å². The van der Waals surface area contributed by atoms with Gasteiger partial charge in [0.1, 0.15) is 0 Å². The Balaban J connectivity index is 3.57. The van der Waals surface area contributed by atoms with Crippen LogP contribution in [0.2, 0.25) is 26.2 Å². The molecule has 0 bridgehead atoms. The van der Waals surface area contributed by atoms with Gasteiger partial charge in [-0.25, -0.2) is 0 Å². The molecule has 5 heteroatoms. The average Bonchev–Trinajstić information content (AvgIpc) is 2.27. The fourth-order valence-corrected chi connectivity index (χ4v) is 4.82. The lowest BCUT2D eigenvalue weighted by atomic mass is 10.4. The van der Waals surface area contributed by atoms with Crippen LogP contribution >= 0.6 is 0 Å². The summed E-state index contributed by atoms with van der Waals surface area (Å²) in [6.07, 6.45) is 2.30. The van der Waals surface area contributed by atoms with Crippen LogP contribution in [-0.2, 0) is 9.47 Å². The molecule has 0 fully saturated rings. The minimum Gasteiger partial charge on any atom is -0.385 e. The van der Waals surface area contributed by atoms with E-state index in [0.717, 1.165) is 25.9 Å². The Hall–Kier alpha value is 0.314. The first-order chi connectivity index (χ1) is 8.02. The van der Waals surface area contributed by atoms with Gasteiger partial charge in [0, 0.05) is 25.7 Å². The zero-order chi connectivity index (χ0) is 13.3. The minimum atomic E-state index is -0.659. The average molecular weight is 278 g/mol. The first-order valence-electron chi connectivity index (χ1n) is 6.79. The van der Waals surface area contributed by atoms with Gasteiger partial charge in [-0.05, 0) is 25.9 Å². The summed E-state index contributed by atoms with van der Waals surface area (Å²) in [7, 11) is 2.35. The smallest absolute Gasteiger partial charge is 0.0656 e. The van der Waals surface area contributed by atoms with Crippen LogP contribution in [0.1, 0.15) is 12.8 Å². The summed E-state index contributed by atoms with van der Waals surface area (Å²) in [6, 6.07) is 0. The predicted octanol–water partition coefficient (Wildman–Crippen LogP) is 1.44. The molecule has 0 saturated carbocycles. The molecule has 104 valence electrons. The maximum Gasteiger partial charge on any atom is 0.0656 e. The number of hydrogen-bond donors (Lipinski definition) is 1. The van der Waals surface area contributed by atoms with Gasteiger partial charge in [-0.1, -0.05) is 26.2 Å². The Morgan fingerprint density at radius 3 is 1.41 bits per heavy atom. The third-order valence-electron chi connectivity index (χ3n) is 3.30. The zero-order valence-corrected chi connectivity index (χ0v) is 14.8. The highest BCUT2D eigenvalue weighted by Crippen LogP contribution is 2.03. The van der Waals surface area contributed by atoms with E-state index in [1.165, 1.54) is 0 Å². The fourth-order valence-electron chi connectivity index (χ4n) is 2.06. The third kappa shape index (κ3) is 8.10. The van der Waals surface area contributed by atoms with E-state index in [4.69, 9.17) is 9.47 Å². The van der Waals surface area contributed by atoms with E-state index in [1.807, 2.05) is 14.2 Å². The fraction of sp³-hybridized carbons (Fsp3) is 1.00. The van der Waals surface area contributed by atoms with Crippen LogP contribution in [0, 0.1) is 0 Å². The molecule has 0 saturated heterocycles. The minimum absolute atomic E-state index is 0.514. The highest BCUT2D eigenvalue weighted by Gasteiger charge is 2.14. The molecule has 0 aromatic heterocycles. The molecular weight excluding hydrogens is 246 g/mol. The van der Waals surface area contributed by atoms with Crippen LogP contribution in [-0.4, -0.2) is 56.4 Å². The lowest BCUT2D eigenvalue weighted by molar-refractivity contribution is 0.147. The summed E-state index contributed by atoms with van der Waals surface area (Å²) in [5.74, 6) is 0. The second kappa shape index (κ2) is 10.3. The summed E-state index contributed by atoms with van der Waals surface area (Å²) in [5, 5.41) is 3.51. The van der Waals surface area contributed by atoms with Gasteiger partial charge >= 0.3 is 0 Å². The van der Waals surface area contributed by atoms with Gasteiger partial charge in [0.05, 0.1) is 17.6 Å². The summed E-state index contributed by atoms with van der Waals surface area (Å²) < 4.78 is 11.0. The van der Waals surface area contributed by atoms with Crippen molar-refractivity contribution in [3.63, 3.8) is 0 Å². The number of nitrogens with one attached hydrogen (secondary N) is 1. The van der Waals surface area contributed by atoms with E-state index < -0.39 is 17.6 Å². The van der Waals surface area contributed by atoms with Crippen molar-refractivity contribution in [1.82, 2.24) is 5.32 Å². The normalized spacial score (nSPS) is 15.5. The van der Waals surface area contributed by atoms with E-state index in [2.05, 4.69) is 31.5 Å². The second-order valence-corrected chi connectivity index (χ2v) is 11.8. The molecule has 17 heavy (non-hydrogen) atoms. The third-order valence-corrected chi connectivity index (χ3v) is 7.49. The standard InChI is InChI=1S/C12H31NO2Si2/c1-14-11(16(3)4)7-9-13-10-8-12(15-2)17(5)6/h11-13,16-17H,7-10H2,1-6H3. The van der Waals surface area contributed by atoms with Crippen LogP contribution in [0.5, 0.6) is 0 Å². The van der Waals surface area contributed by atoms with Crippen molar-refractivity contribution in [2.75, 3.05) is 27.3 Å². The van der Waals surface area contributed by atoms with Crippen molar-refractivity contribution >= 4 is 17.6 Å². The topological polar surface area (TPSA) is 30.5 Å². The Bertz CT molecular complexity index is 162. The molecule has 0 heterocycles. The van der Waals surface area contributed by atoms with E-state index in [0.29, 0.717) is 11.5 Å². The molecule has 0 aliphatic heterocycles. The SMILES string of the molecule is COC(CCNCCC(OC)[SiH](C)C)[SiH](C)C. The van der Waals surface area contributed by atoms with Crippen molar-refractivity contribution in [2.24, 2.45) is 0 Å². The Kier molecular flexibility index (Phi) is 10.4. The molecule has 0 rings (SSSR count). The van der Waals surface area contributed by atoms with E-state index in [1.54, 1.807) is 0 Å². The van der Waals surface area contributed by atoms with Crippen molar-refractivity contribution in [2.45, 2.75) is 50.5 Å². The lowest BCUT2D eigenvalue weighted by Gasteiger charge is -2.20. The largest absolute Gasteiger partial charge is 0.385 e. The predicted molar refractivity (Wildman–Crippen MR) is 81.5 cm³/mol.